The summed E-state index contributed by atoms with van der Waals surface area (Å²) in [4.78, 5) is 20.6. The summed E-state index contributed by atoms with van der Waals surface area (Å²) < 4.78 is 0. The summed E-state index contributed by atoms with van der Waals surface area (Å²) in [5.74, 6) is 0.148. The molecule has 0 unspecified atom stereocenters. The van der Waals surface area contributed by atoms with Crippen LogP contribution in [0.2, 0.25) is 10.0 Å². The minimum Gasteiger partial charge on any atom is -0.339 e. The molecule has 0 spiro atoms. The predicted molar refractivity (Wildman–Crippen MR) is 101 cm³/mol. The summed E-state index contributed by atoms with van der Waals surface area (Å²) in [6.07, 6.45) is 2.91. The predicted octanol–water partition coefficient (Wildman–Crippen LogP) is 5.09. The summed E-state index contributed by atoms with van der Waals surface area (Å²) >= 11 is 11.9. The van der Waals surface area contributed by atoms with E-state index in [4.69, 9.17) is 23.2 Å². The van der Waals surface area contributed by atoms with Gasteiger partial charge in [0, 0.05) is 10.7 Å². The molecule has 3 aromatic rings. The van der Waals surface area contributed by atoms with Crippen molar-refractivity contribution >= 4 is 46.3 Å². The molecule has 0 aliphatic carbocycles. The third-order valence-electron chi connectivity index (χ3n) is 3.47. The topological polar surface area (TPSA) is 66.9 Å². The Hall–Kier alpha value is -2.63. The number of benzene rings is 2. The first-order valence-electron chi connectivity index (χ1n) is 7.44. The normalized spacial score (nSPS) is 10.4. The highest BCUT2D eigenvalue weighted by molar-refractivity contribution is 6.36. The lowest BCUT2D eigenvalue weighted by Gasteiger charge is -2.09. The quantitative estimate of drug-likeness (QED) is 0.669. The minimum atomic E-state index is -0.404. The maximum atomic E-state index is 12.2. The van der Waals surface area contributed by atoms with Crippen LogP contribution in [0.15, 0.2) is 54.9 Å². The number of carbonyl (C=O) groups excluding carboxylic acids is 1. The number of amides is 1. The molecular weight excluding hydrogens is 359 g/mol. The Morgan fingerprint density at radius 3 is 2.48 bits per heavy atom. The van der Waals surface area contributed by atoms with Gasteiger partial charge < -0.3 is 10.6 Å². The molecule has 1 amide bonds. The first kappa shape index (κ1) is 17.2. The van der Waals surface area contributed by atoms with Crippen molar-refractivity contribution in [1.29, 1.82) is 0 Å². The van der Waals surface area contributed by atoms with Crippen molar-refractivity contribution in [3.63, 3.8) is 0 Å². The molecule has 0 bridgehead atoms. The van der Waals surface area contributed by atoms with E-state index in [1.165, 1.54) is 12.4 Å². The Balaban J connectivity index is 1.71. The fourth-order valence-electron chi connectivity index (χ4n) is 2.14. The number of rotatable bonds is 4. The second-order valence-corrected chi connectivity index (χ2v) is 6.15. The zero-order valence-corrected chi connectivity index (χ0v) is 14.8. The maximum absolute atomic E-state index is 12.2. The van der Waals surface area contributed by atoms with Gasteiger partial charge in [-0.05, 0) is 36.8 Å². The summed E-state index contributed by atoms with van der Waals surface area (Å²) in [6, 6.07) is 12.7. The fourth-order valence-corrected chi connectivity index (χ4v) is 2.59. The Bertz CT molecular complexity index is 913. The van der Waals surface area contributed by atoms with Gasteiger partial charge in [0.25, 0.3) is 5.91 Å². The standard InChI is InChI=1S/C18H14Cl2N4O/c1-11-4-2-3-5-14(11)23-17-10-21-16(9-22-17)18(25)24-15-7-6-12(19)8-13(15)20/h2-10H,1H3,(H,22,23)(H,24,25). The highest BCUT2D eigenvalue weighted by Gasteiger charge is 2.11. The third kappa shape index (κ3) is 4.26. The molecule has 0 fully saturated rings. The van der Waals surface area contributed by atoms with Crippen molar-refractivity contribution in [3.05, 3.63) is 76.2 Å². The molecule has 0 atom stereocenters. The molecule has 0 radical (unpaired) electrons. The SMILES string of the molecule is Cc1ccccc1Nc1cnc(C(=O)Nc2ccc(Cl)cc2Cl)cn1. The van der Waals surface area contributed by atoms with Gasteiger partial charge in [-0.25, -0.2) is 9.97 Å². The fraction of sp³-hybridized carbons (Fsp3) is 0.0556. The van der Waals surface area contributed by atoms with Crippen molar-refractivity contribution in [3.8, 4) is 0 Å². The molecule has 7 heteroatoms. The van der Waals surface area contributed by atoms with Gasteiger partial charge in [-0.1, -0.05) is 41.4 Å². The molecule has 2 N–H and O–H groups in total. The number of hydrogen-bond donors (Lipinski definition) is 2. The van der Waals surface area contributed by atoms with Crippen molar-refractivity contribution in [2.75, 3.05) is 10.6 Å². The molecular formula is C18H14Cl2N4O. The number of nitrogens with zero attached hydrogens (tertiary/aromatic N) is 2. The van der Waals surface area contributed by atoms with E-state index in [1.807, 2.05) is 31.2 Å². The number of para-hydroxylation sites is 1. The van der Waals surface area contributed by atoms with Crippen molar-refractivity contribution in [2.24, 2.45) is 0 Å². The van der Waals surface area contributed by atoms with E-state index in [1.54, 1.807) is 18.2 Å². The van der Waals surface area contributed by atoms with Gasteiger partial charge in [0.2, 0.25) is 0 Å². The van der Waals surface area contributed by atoms with Gasteiger partial charge in [0.05, 0.1) is 23.1 Å². The van der Waals surface area contributed by atoms with Crippen LogP contribution in [0.5, 0.6) is 0 Å². The van der Waals surface area contributed by atoms with E-state index in [2.05, 4.69) is 20.6 Å². The van der Waals surface area contributed by atoms with Gasteiger partial charge in [0.15, 0.2) is 0 Å². The monoisotopic (exact) mass is 372 g/mol. The molecule has 0 saturated heterocycles. The average Bonchev–Trinajstić information content (AvgIpc) is 2.60. The number of aromatic nitrogens is 2. The van der Waals surface area contributed by atoms with Crippen LogP contribution in [0.3, 0.4) is 0 Å². The van der Waals surface area contributed by atoms with Gasteiger partial charge in [-0.2, -0.15) is 0 Å². The third-order valence-corrected chi connectivity index (χ3v) is 4.02. The highest BCUT2D eigenvalue weighted by atomic mass is 35.5. The molecule has 2 aromatic carbocycles. The molecule has 126 valence electrons. The lowest BCUT2D eigenvalue weighted by molar-refractivity contribution is 0.102. The van der Waals surface area contributed by atoms with Crippen LogP contribution in [0.25, 0.3) is 0 Å². The number of anilines is 3. The number of halogens is 2. The number of aryl methyl sites for hydroxylation is 1. The summed E-state index contributed by atoms with van der Waals surface area (Å²) in [6.45, 7) is 1.99. The summed E-state index contributed by atoms with van der Waals surface area (Å²) in [5, 5.41) is 6.69. The van der Waals surface area contributed by atoms with Crippen molar-refractivity contribution < 1.29 is 4.79 Å². The van der Waals surface area contributed by atoms with Crippen LogP contribution < -0.4 is 10.6 Å². The Morgan fingerprint density at radius 1 is 1.00 bits per heavy atom. The van der Waals surface area contributed by atoms with E-state index in [0.29, 0.717) is 21.6 Å². The van der Waals surface area contributed by atoms with Crippen LogP contribution in [-0.2, 0) is 0 Å². The van der Waals surface area contributed by atoms with Gasteiger partial charge in [0.1, 0.15) is 11.5 Å². The first-order chi connectivity index (χ1) is 12.0. The highest BCUT2D eigenvalue weighted by Crippen LogP contribution is 2.25. The first-order valence-corrected chi connectivity index (χ1v) is 8.19. The van der Waals surface area contributed by atoms with E-state index >= 15 is 0 Å². The molecule has 0 aliphatic rings. The molecule has 5 nitrogen and oxygen atoms in total. The number of hydrogen-bond acceptors (Lipinski definition) is 4. The smallest absolute Gasteiger partial charge is 0.275 e. The van der Waals surface area contributed by atoms with Crippen LogP contribution in [0, 0.1) is 6.92 Å². The van der Waals surface area contributed by atoms with Crippen molar-refractivity contribution in [1.82, 2.24) is 9.97 Å². The summed E-state index contributed by atoms with van der Waals surface area (Å²) in [5.41, 5.74) is 2.66. The van der Waals surface area contributed by atoms with Crippen LogP contribution in [-0.4, -0.2) is 15.9 Å². The van der Waals surface area contributed by atoms with Gasteiger partial charge in [-0.3, -0.25) is 4.79 Å². The Kier molecular flexibility index (Phi) is 5.16. The second-order valence-electron chi connectivity index (χ2n) is 5.31. The molecule has 25 heavy (non-hydrogen) atoms. The van der Waals surface area contributed by atoms with Crippen LogP contribution >= 0.6 is 23.2 Å². The maximum Gasteiger partial charge on any atom is 0.275 e. The van der Waals surface area contributed by atoms with E-state index in [0.717, 1.165) is 11.3 Å². The van der Waals surface area contributed by atoms with E-state index < -0.39 is 5.91 Å². The Morgan fingerprint density at radius 2 is 1.80 bits per heavy atom. The zero-order chi connectivity index (χ0) is 17.8. The van der Waals surface area contributed by atoms with Crippen LogP contribution in [0.4, 0.5) is 17.2 Å². The zero-order valence-electron chi connectivity index (χ0n) is 13.3. The molecule has 1 heterocycles. The van der Waals surface area contributed by atoms with E-state index in [-0.39, 0.29) is 5.69 Å². The number of nitrogens with one attached hydrogen (secondary N) is 2. The summed E-state index contributed by atoms with van der Waals surface area (Å²) in [7, 11) is 0. The molecule has 0 aliphatic heterocycles. The molecule has 0 saturated carbocycles. The average molecular weight is 373 g/mol. The lowest BCUT2D eigenvalue weighted by atomic mass is 10.2. The molecule has 3 rings (SSSR count). The Labute approximate surface area is 155 Å². The van der Waals surface area contributed by atoms with E-state index in [9.17, 15) is 4.79 Å². The number of carbonyl (C=O) groups is 1. The lowest BCUT2D eigenvalue weighted by Crippen LogP contribution is -2.14. The van der Waals surface area contributed by atoms with Crippen LogP contribution in [0.1, 0.15) is 16.1 Å². The van der Waals surface area contributed by atoms with Gasteiger partial charge in [-0.15, -0.1) is 0 Å². The largest absolute Gasteiger partial charge is 0.339 e. The second kappa shape index (κ2) is 7.51. The van der Waals surface area contributed by atoms with Crippen molar-refractivity contribution in [2.45, 2.75) is 6.92 Å². The minimum absolute atomic E-state index is 0.182. The molecule has 1 aromatic heterocycles. The van der Waals surface area contributed by atoms with Gasteiger partial charge >= 0.3 is 0 Å².